The van der Waals surface area contributed by atoms with Crippen molar-refractivity contribution in [3.63, 3.8) is 0 Å². The molecule has 0 aliphatic carbocycles. The Balaban J connectivity index is 2.23. The summed E-state index contributed by atoms with van der Waals surface area (Å²) in [4.78, 5) is 41.5. The minimum Gasteiger partial charge on any atom is -0.462 e. The minimum atomic E-state index is -0.844. The first-order valence-corrected chi connectivity index (χ1v) is 20.6. The van der Waals surface area contributed by atoms with Crippen LogP contribution in [0, 0.1) is 0 Å². The summed E-state index contributed by atoms with van der Waals surface area (Å²) in [6.45, 7) is 4.20. The third-order valence-electron chi connectivity index (χ3n) is 9.15. The van der Waals surface area contributed by atoms with Crippen molar-refractivity contribution in [2.75, 3.05) is 13.2 Å². The van der Waals surface area contributed by atoms with Crippen molar-refractivity contribution in [1.82, 2.24) is 4.98 Å². The molecule has 0 saturated carbocycles. The van der Waals surface area contributed by atoms with Gasteiger partial charge in [0, 0.05) is 25.2 Å². The highest BCUT2D eigenvalue weighted by Gasteiger charge is 2.20. The van der Waals surface area contributed by atoms with Gasteiger partial charge in [-0.3, -0.25) is 14.6 Å². The molecule has 1 aromatic heterocycles. The van der Waals surface area contributed by atoms with E-state index in [2.05, 4.69) is 31.0 Å². The Hall–Kier alpha value is -2.70. The quantitative estimate of drug-likeness (QED) is 0.0301. The lowest BCUT2D eigenvalue weighted by molar-refractivity contribution is -0.161. The number of carbonyl (C=O) groups is 3. The summed E-state index contributed by atoms with van der Waals surface area (Å²) in [6.07, 6.45) is 39.1. The number of unbranched alkanes of at least 4 members (excludes halogenated alkanes) is 23. The SMILES string of the molecule is CCCCCCCC/C=C\CCCCCCCC(=O)OC[C@@H](COC(=O)c1cccnc1)OC(=O)CCCCCCCCCCCCCCC. The third-order valence-corrected chi connectivity index (χ3v) is 9.15. The summed E-state index contributed by atoms with van der Waals surface area (Å²) in [5.41, 5.74) is 0.311. The first kappa shape index (κ1) is 45.3. The van der Waals surface area contributed by atoms with E-state index in [0.29, 0.717) is 18.4 Å². The number of allylic oxidation sites excluding steroid dienone is 2. The maximum absolute atomic E-state index is 12.6. The van der Waals surface area contributed by atoms with Gasteiger partial charge in [-0.15, -0.1) is 0 Å². The van der Waals surface area contributed by atoms with Gasteiger partial charge in [-0.05, 0) is 50.7 Å². The molecule has 7 heteroatoms. The van der Waals surface area contributed by atoms with Crippen LogP contribution in [0.4, 0.5) is 0 Å². The van der Waals surface area contributed by atoms with Gasteiger partial charge < -0.3 is 14.2 Å². The highest BCUT2D eigenvalue weighted by atomic mass is 16.6. The number of rotatable bonds is 35. The molecule has 0 bridgehead atoms. The molecule has 1 rings (SSSR count). The lowest BCUT2D eigenvalue weighted by Gasteiger charge is -2.18. The van der Waals surface area contributed by atoms with Crippen molar-refractivity contribution in [3.05, 3.63) is 42.2 Å². The molecular weight excluding hydrogens is 626 g/mol. The highest BCUT2D eigenvalue weighted by molar-refractivity contribution is 5.88. The molecule has 1 atom stereocenters. The predicted octanol–water partition coefficient (Wildman–Crippen LogP) is 12.2. The van der Waals surface area contributed by atoms with Crippen molar-refractivity contribution >= 4 is 17.9 Å². The van der Waals surface area contributed by atoms with Crippen LogP contribution in [0.2, 0.25) is 0 Å². The molecule has 0 fully saturated rings. The molecule has 0 aromatic carbocycles. The fourth-order valence-corrected chi connectivity index (χ4v) is 5.98. The Bertz CT molecular complexity index is 965. The standard InChI is InChI=1S/C43H73NO6/c1-3-5-7-9-11-13-15-17-18-20-21-23-25-27-29-33-41(45)48-37-40(38-49-43(47)39-32-31-35-44-36-39)50-42(46)34-30-28-26-24-22-19-16-14-12-10-8-6-4-2/h17-18,31-32,35-36,40H,3-16,19-30,33-34,37-38H2,1-2H3/b18-17-/t40-/m0/s1. The molecule has 0 aliphatic rings. The molecule has 0 aliphatic heterocycles. The fourth-order valence-electron chi connectivity index (χ4n) is 5.98. The third kappa shape index (κ3) is 29.1. The van der Waals surface area contributed by atoms with Gasteiger partial charge in [-0.2, -0.15) is 0 Å². The molecule has 7 nitrogen and oxygen atoms in total. The summed E-state index contributed by atoms with van der Waals surface area (Å²) in [6, 6.07) is 3.26. The summed E-state index contributed by atoms with van der Waals surface area (Å²) in [5, 5.41) is 0. The molecule has 1 heterocycles. The van der Waals surface area contributed by atoms with Crippen molar-refractivity contribution < 1.29 is 28.6 Å². The zero-order valence-electron chi connectivity index (χ0n) is 32.2. The van der Waals surface area contributed by atoms with E-state index in [4.69, 9.17) is 14.2 Å². The maximum Gasteiger partial charge on any atom is 0.339 e. The second-order valence-electron chi connectivity index (χ2n) is 14.0. The molecule has 0 spiro atoms. The molecule has 1 aromatic rings. The number of hydrogen-bond donors (Lipinski definition) is 0. The predicted molar refractivity (Wildman–Crippen MR) is 205 cm³/mol. The van der Waals surface area contributed by atoms with E-state index in [-0.39, 0.29) is 25.2 Å². The Morgan fingerprint density at radius 2 is 1.02 bits per heavy atom. The topological polar surface area (TPSA) is 91.8 Å². The highest BCUT2D eigenvalue weighted by Crippen LogP contribution is 2.14. The van der Waals surface area contributed by atoms with Crippen LogP contribution < -0.4 is 0 Å². The fraction of sp³-hybridized carbons (Fsp3) is 0.767. The van der Waals surface area contributed by atoms with E-state index >= 15 is 0 Å². The van der Waals surface area contributed by atoms with Gasteiger partial charge in [0.1, 0.15) is 13.2 Å². The average molecular weight is 700 g/mol. The van der Waals surface area contributed by atoms with E-state index < -0.39 is 12.1 Å². The van der Waals surface area contributed by atoms with E-state index in [0.717, 1.165) is 51.4 Å². The lowest BCUT2D eigenvalue weighted by atomic mass is 10.0. The van der Waals surface area contributed by atoms with Crippen LogP contribution in [-0.2, 0) is 23.8 Å². The molecule has 286 valence electrons. The molecule has 50 heavy (non-hydrogen) atoms. The van der Waals surface area contributed by atoms with Crippen molar-refractivity contribution in [3.8, 4) is 0 Å². The van der Waals surface area contributed by atoms with Gasteiger partial charge >= 0.3 is 17.9 Å². The number of aromatic nitrogens is 1. The van der Waals surface area contributed by atoms with Crippen LogP contribution in [0.25, 0.3) is 0 Å². The van der Waals surface area contributed by atoms with E-state index in [1.54, 1.807) is 18.3 Å². The molecule has 0 saturated heterocycles. The van der Waals surface area contributed by atoms with Crippen molar-refractivity contribution in [2.45, 2.75) is 200 Å². The van der Waals surface area contributed by atoms with Crippen LogP contribution in [-0.4, -0.2) is 42.2 Å². The summed E-state index contributed by atoms with van der Waals surface area (Å²) in [7, 11) is 0. The van der Waals surface area contributed by atoms with E-state index in [1.165, 1.54) is 122 Å². The van der Waals surface area contributed by atoms with E-state index in [9.17, 15) is 14.4 Å². The van der Waals surface area contributed by atoms with E-state index in [1.807, 2.05) is 0 Å². The van der Waals surface area contributed by atoms with Crippen molar-refractivity contribution in [2.24, 2.45) is 0 Å². The molecule has 0 radical (unpaired) electrons. The van der Waals surface area contributed by atoms with Crippen LogP contribution in [0.15, 0.2) is 36.7 Å². The zero-order chi connectivity index (χ0) is 36.2. The average Bonchev–Trinajstić information content (AvgIpc) is 3.13. The Labute approximate surface area is 306 Å². The van der Waals surface area contributed by atoms with Gasteiger partial charge in [0.15, 0.2) is 6.10 Å². The van der Waals surface area contributed by atoms with Crippen LogP contribution >= 0.6 is 0 Å². The van der Waals surface area contributed by atoms with Crippen LogP contribution in [0.1, 0.15) is 204 Å². The molecule has 0 amide bonds. The molecular formula is C43H73NO6. The van der Waals surface area contributed by atoms with Gasteiger partial charge in [-0.25, -0.2) is 4.79 Å². The van der Waals surface area contributed by atoms with Gasteiger partial charge in [0.25, 0.3) is 0 Å². The number of pyridine rings is 1. The maximum atomic E-state index is 12.6. The first-order chi connectivity index (χ1) is 24.6. The smallest absolute Gasteiger partial charge is 0.339 e. The van der Waals surface area contributed by atoms with Gasteiger partial charge in [-0.1, -0.05) is 154 Å². The number of esters is 3. The number of ether oxygens (including phenoxy) is 3. The van der Waals surface area contributed by atoms with Crippen molar-refractivity contribution in [1.29, 1.82) is 0 Å². The molecule has 0 N–H and O–H groups in total. The number of nitrogens with zero attached hydrogens (tertiary/aromatic N) is 1. The monoisotopic (exact) mass is 700 g/mol. The first-order valence-electron chi connectivity index (χ1n) is 20.6. The number of hydrogen-bond acceptors (Lipinski definition) is 7. The minimum absolute atomic E-state index is 0.130. The van der Waals surface area contributed by atoms with Gasteiger partial charge in [0.05, 0.1) is 5.56 Å². The largest absolute Gasteiger partial charge is 0.462 e. The Morgan fingerprint density at radius 1 is 0.580 bits per heavy atom. The second-order valence-corrected chi connectivity index (χ2v) is 14.0. The lowest BCUT2D eigenvalue weighted by Crippen LogP contribution is -2.31. The normalized spacial score (nSPS) is 11.9. The van der Waals surface area contributed by atoms with Crippen LogP contribution in [0.5, 0.6) is 0 Å². The Morgan fingerprint density at radius 3 is 1.50 bits per heavy atom. The van der Waals surface area contributed by atoms with Gasteiger partial charge in [0.2, 0.25) is 0 Å². The zero-order valence-corrected chi connectivity index (χ0v) is 32.2. The summed E-state index contributed by atoms with van der Waals surface area (Å²) >= 11 is 0. The number of carbonyl (C=O) groups excluding carboxylic acids is 3. The Kier molecular flexibility index (Phi) is 31.5. The molecule has 0 unspecified atom stereocenters. The summed E-state index contributed by atoms with van der Waals surface area (Å²) in [5.74, 6) is -1.24. The second kappa shape index (κ2) is 34.7. The van der Waals surface area contributed by atoms with Crippen LogP contribution in [0.3, 0.4) is 0 Å². The summed E-state index contributed by atoms with van der Waals surface area (Å²) < 4.78 is 16.5.